The summed E-state index contributed by atoms with van der Waals surface area (Å²) in [4.78, 5) is 0. The summed E-state index contributed by atoms with van der Waals surface area (Å²) in [6, 6.07) is 0.581. The second kappa shape index (κ2) is 7.22. The van der Waals surface area contributed by atoms with Crippen LogP contribution < -0.4 is 5.32 Å². The van der Waals surface area contributed by atoms with Crippen LogP contribution in [0.3, 0.4) is 0 Å². The molecule has 1 atom stereocenters. The number of hydrogen-bond acceptors (Lipinski definition) is 4. The standard InChI is InChI=1S/C12H25NO3/c1-3-6-15-7-8-16-10-12(2,9-14)13-11-4-5-11/h11,13-14H,3-10H2,1-2H3. The van der Waals surface area contributed by atoms with Gasteiger partial charge in [-0.15, -0.1) is 0 Å². The number of aliphatic hydroxyl groups excluding tert-OH is 1. The Hall–Kier alpha value is -0.160. The molecule has 0 radical (unpaired) electrons. The fourth-order valence-corrected chi connectivity index (χ4v) is 1.52. The van der Waals surface area contributed by atoms with Crippen LogP contribution in [0, 0.1) is 0 Å². The number of aliphatic hydroxyl groups is 1. The molecule has 0 spiro atoms. The summed E-state index contributed by atoms with van der Waals surface area (Å²) in [5.74, 6) is 0. The van der Waals surface area contributed by atoms with Crippen molar-refractivity contribution >= 4 is 0 Å². The molecule has 1 saturated carbocycles. The molecule has 16 heavy (non-hydrogen) atoms. The molecular formula is C12H25NO3. The van der Waals surface area contributed by atoms with Gasteiger partial charge in [0.1, 0.15) is 0 Å². The first kappa shape index (κ1) is 13.9. The Morgan fingerprint density at radius 2 is 1.94 bits per heavy atom. The van der Waals surface area contributed by atoms with Gasteiger partial charge in [-0.25, -0.2) is 0 Å². The predicted octanol–water partition coefficient (Wildman–Crippen LogP) is 0.933. The monoisotopic (exact) mass is 231 g/mol. The molecule has 0 aliphatic heterocycles. The van der Waals surface area contributed by atoms with Crippen LogP contribution in [0.25, 0.3) is 0 Å². The minimum Gasteiger partial charge on any atom is -0.394 e. The van der Waals surface area contributed by atoms with E-state index in [1.54, 1.807) is 0 Å². The highest BCUT2D eigenvalue weighted by Crippen LogP contribution is 2.22. The van der Waals surface area contributed by atoms with Gasteiger partial charge in [0.2, 0.25) is 0 Å². The third-order valence-corrected chi connectivity index (χ3v) is 2.62. The third-order valence-electron chi connectivity index (χ3n) is 2.62. The summed E-state index contributed by atoms with van der Waals surface area (Å²) in [6.07, 6.45) is 3.47. The van der Waals surface area contributed by atoms with Crippen molar-refractivity contribution in [2.75, 3.05) is 33.0 Å². The lowest BCUT2D eigenvalue weighted by Crippen LogP contribution is -2.50. The molecule has 0 aromatic carbocycles. The van der Waals surface area contributed by atoms with Crippen molar-refractivity contribution in [3.63, 3.8) is 0 Å². The van der Waals surface area contributed by atoms with Crippen molar-refractivity contribution < 1.29 is 14.6 Å². The summed E-state index contributed by atoms with van der Waals surface area (Å²) >= 11 is 0. The van der Waals surface area contributed by atoms with Crippen LogP contribution >= 0.6 is 0 Å². The molecule has 0 saturated heterocycles. The first-order valence-corrected chi connectivity index (χ1v) is 6.24. The van der Waals surface area contributed by atoms with Gasteiger partial charge in [-0.2, -0.15) is 0 Å². The maximum Gasteiger partial charge on any atom is 0.0701 e. The smallest absolute Gasteiger partial charge is 0.0701 e. The largest absolute Gasteiger partial charge is 0.394 e. The lowest BCUT2D eigenvalue weighted by molar-refractivity contribution is 0.00806. The molecule has 1 unspecified atom stereocenters. The highest BCUT2D eigenvalue weighted by atomic mass is 16.5. The molecule has 96 valence electrons. The zero-order chi connectivity index (χ0) is 11.9. The summed E-state index contributed by atoms with van der Waals surface area (Å²) in [7, 11) is 0. The van der Waals surface area contributed by atoms with E-state index in [0.29, 0.717) is 25.9 Å². The van der Waals surface area contributed by atoms with E-state index in [2.05, 4.69) is 12.2 Å². The highest BCUT2D eigenvalue weighted by Gasteiger charge is 2.32. The van der Waals surface area contributed by atoms with Crippen LogP contribution in [-0.2, 0) is 9.47 Å². The van der Waals surface area contributed by atoms with E-state index >= 15 is 0 Å². The fraction of sp³-hybridized carbons (Fsp3) is 1.00. The maximum atomic E-state index is 9.33. The molecule has 1 aliphatic rings. The first-order valence-electron chi connectivity index (χ1n) is 6.24. The van der Waals surface area contributed by atoms with Crippen LogP contribution in [0.1, 0.15) is 33.1 Å². The van der Waals surface area contributed by atoms with Gasteiger partial charge in [-0.3, -0.25) is 0 Å². The minimum atomic E-state index is -0.300. The summed E-state index contributed by atoms with van der Waals surface area (Å²) in [6.45, 7) is 6.76. The normalized spacial score (nSPS) is 19.7. The molecule has 4 heteroatoms. The average Bonchev–Trinajstić information content (AvgIpc) is 3.07. The van der Waals surface area contributed by atoms with E-state index < -0.39 is 0 Å². The lowest BCUT2D eigenvalue weighted by Gasteiger charge is -2.28. The molecule has 0 bridgehead atoms. The van der Waals surface area contributed by atoms with E-state index in [9.17, 15) is 5.11 Å². The van der Waals surface area contributed by atoms with Gasteiger partial charge in [0, 0.05) is 12.6 Å². The second-order valence-corrected chi connectivity index (χ2v) is 4.80. The number of nitrogens with one attached hydrogen (secondary N) is 1. The zero-order valence-corrected chi connectivity index (χ0v) is 10.5. The van der Waals surface area contributed by atoms with Crippen LogP contribution in [0.15, 0.2) is 0 Å². The van der Waals surface area contributed by atoms with Crippen molar-refractivity contribution in [2.45, 2.75) is 44.7 Å². The highest BCUT2D eigenvalue weighted by molar-refractivity contribution is 4.92. The van der Waals surface area contributed by atoms with E-state index in [1.807, 2.05) is 6.92 Å². The number of hydrogen-bond donors (Lipinski definition) is 2. The van der Waals surface area contributed by atoms with Crippen molar-refractivity contribution in [1.29, 1.82) is 0 Å². The Kier molecular flexibility index (Phi) is 6.28. The van der Waals surface area contributed by atoms with Gasteiger partial charge in [-0.05, 0) is 26.2 Å². The minimum absolute atomic E-state index is 0.110. The second-order valence-electron chi connectivity index (χ2n) is 4.80. The Balaban J connectivity index is 2.03. The molecule has 1 rings (SSSR count). The van der Waals surface area contributed by atoms with Gasteiger partial charge in [0.05, 0.1) is 32.0 Å². The molecule has 0 heterocycles. The van der Waals surface area contributed by atoms with Crippen LogP contribution in [-0.4, -0.2) is 49.7 Å². The molecule has 1 aliphatic carbocycles. The zero-order valence-electron chi connectivity index (χ0n) is 10.5. The molecule has 1 fully saturated rings. The van der Waals surface area contributed by atoms with Crippen molar-refractivity contribution in [3.8, 4) is 0 Å². The SMILES string of the molecule is CCCOCCOCC(C)(CO)NC1CC1. The van der Waals surface area contributed by atoms with E-state index in [0.717, 1.165) is 13.0 Å². The van der Waals surface area contributed by atoms with E-state index in [1.165, 1.54) is 12.8 Å². The van der Waals surface area contributed by atoms with Crippen LogP contribution in [0.4, 0.5) is 0 Å². The third kappa shape index (κ3) is 5.80. The molecule has 0 aromatic rings. The lowest BCUT2D eigenvalue weighted by atomic mass is 10.1. The molecule has 2 N–H and O–H groups in total. The van der Waals surface area contributed by atoms with Crippen LogP contribution in [0.5, 0.6) is 0 Å². The van der Waals surface area contributed by atoms with Gasteiger partial charge in [0.25, 0.3) is 0 Å². The quantitative estimate of drug-likeness (QED) is 0.549. The Morgan fingerprint density at radius 1 is 1.25 bits per heavy atom. The average molecular weight is 231 g/mol. The van der Waals surface area contributed by atoms with Crippen molar-refractivity contribution in [2.24, 2.45) is 0 Å². The summed E-state index contributed by atoms with van der Waals surface area (Å²) in [5, 5.41) is 12.7. The van der Waals surface area contributed by atoms with Crippen molar-refractivity contribution in [1.82, 2.24) is 5.32 Å². The summed E-state index contributed by atoms with van der Waals surface area (Å²) < 4.78 is 10.8. The Bertz CT molecular complexity index is 185. The van der Waals surface area contributed by atoms with Gasteiger partial charge < -0.3 is 19.9 Å². The molecule has 0 aromatic heterocycles. The van der Waals surface area contributed by atoms with Crippen molar-refractivity contribution in [3.05, 3.63) is 0 Å². The molecule has 0 amide bonds. The van der Waals surface area contributed by atoms with E-state index in [4.69, 9.17) is 9.47 Å². The number of ether oxygens (including phenoxy) is 2. The first-order chi connectivity index (χ1) is 7.70. The fourth-order valence-electron chi connectivity index (χ4n) is 1.52. The Morgan fingerprint density at radius 3 is 2.50 bits per heavy atom. The Labute approximate surface area is 98.3 Å². The predicted molar refractivity (Wildman–Crippen MR) is 63.6 cm³/mol. The van der Waals surface area contributed by atoms with Gasteiger partial charge in [-0.1, -0.05) is 6.92 Å². The van der Waals surface area contributed by atoms with E-state index in [-0.39, 0.29) is 12.1 Å². The van der Waals surface area contributed by atoms with Gasteiger partial charge in [0.15, 0.2) is 0 Å². The summed E-state index contributed by atoms with van der Waals surface area (Å²) in [5.41, 5.74) is -0.300. The number of rotatable bonds is 10. The maximum absolute atomic E-state index is 9.33. The van der Waals surface area contributed by atoms with Gasteiger partial charge >= 0.3 is 0 Å². The topological polar surface area (TPSA) is 50.7 Å². The van der Waals surface area contributed by atoms with Crippen LogP contribution in [0.2, 0.25) is 0 Å². The molecule has 4 nitrogen and oxygen atoms in total. The molecular weight excluding hydrogens is 206 g/mol.